The molecule has 2 N–H and O–H groups in total. The summed E-state index contributed by atoms with van der Waals surface area (Å²) in [6.07, 6.45) is 4.61. The van der Waals surface area contributed by atoms with Gasteiger partial charge in [0.1, 0.15) is 11.6 Å². The van der Waals surface area contributed by atoms with Gasteiger partial charge in [0.15, 0.2) is 0 Å². The molecule has 118 valence electrons. The minimum Gasteiger partial charge on any atom is -0.352 e. The third-order valence-electron chi connectivity index (χ3n) is 3.42. The number of nitrogens with one attached hydrogen (secondary N) is 2. The van der Waals surface area contributed by atoms with Gasteiger partial charge in [-0.15, -0.1) is 0 Å². The highest BCUT2D eigenvalue weighted by Crippen LogP contribution is 2.16. The molecule has 0 unspecified atom stereocenters. The van der Waals surface area contributed by atoms with Gasteiger partial charge in [0.05, 0.1) is 5.69 Å². The lowest BCUT2D eigenvalue weighted by atomic mass is 10.2. The Hall–Kier alpha value is -2.21. The second-order valence-electron chi connectivity index (χ2n) is 5.11. The van der Waals surface area contributed by atoms with Gasteiger partial charge in [0.25, 0.3) is 0 Å². The number of imidazole rings is 1. The second kappa shape index (κ2) is 7.70. The molecule has 1 aromatic carbocycles. The van der Waals surface area contributed by atoms with Gasteiger partial charge in [-0.2, -0.15) is 0 Å². The second-order valence-corrected chi connectivity index (χ2v) is 5.11. The summed E-state index contributed by atoms with van der Waals surface area (Å²) in [6, 6.07) is 4.96. The van der Waals surface area contributed by atoms with Crippen molar-refractivity contribution in [3.05, 3.63) is 47.8 Å². The summed E-state index contributed by atoms with van der Waals surface area (Å²) in [5.74, 6) is 0.373. The Morgan fingerprint density at radius 2 is 2.23 bits per heavy atom. The lowest BCUT2D eigenvalue weighted by Gasteiger charge is -2.09. The molecule has 6 heteroatoms. The van der Waals surface area contributed by atoms with Crippen molar-refractivity contribution in [2.45, 2.75) is 26.3 Å². The molecule has 0 aliphatic carbocycles. The number of amides is 1. The summed E-state index contributed by atoms with van der Waals surface area (Å²) in [7, 11) is 1.85. The molecular formula is C16H21FN4O. The van der Waals surface area contributed by atoms with Crippen LogP contribution >= 0.6 is 0 Å². The van der Waals surface area contributed by atoms with Crippen molar-refractivity contribution in [1.29, 1.82) is 0 Å². The molecule has 0 aliphatic rings. The van der Waals surface area contributed by atoms with E-state index in [1.807, 2.05) is 20.0 Å². The number of rotatable bonds is 7. The third kappa shape index (κ3) is 4.14. The Bertz CT molecular complexity index is 639. The van der Waals surface area contributed by atoms with E-state index in [2.05, 4.69) is 15.6 Å². The van der Waals surface area contributed by atoms with Gasteiger partial charge in [-0.3, -0.25) is 4.79 Å². The van der Waals surface area contributed by atoms with Gasteiger partial charge >= 0.3 is 0 Å². The van der Waals surface area contributed by atoms with Crippen LogP contribution in [0.15, 0.2) is 30.6 Å². The first-order chi connectivity index (χ1) is 10.6. The van der Waals surface area contributed by atoms with Crippen molar-refractivity contribution in [1.82, 2.24) is 20.2 Å². The van der Waals surface area contributed by atoms with Crippen LogP contribution in [-0.2, 0) is 11.3 Å². The molecule has 1 heterocycles. The molecule has 0 saturated carbocycles. The fourth-order valence-corrected chi connectivity index (χ4v) is 2.20. The molecule has 0 aliphatic heterocycles. The zero-order chi connectivity index (χ0) is 15.9. The molecule has 0 saturated heterocycles. The summed E-state index contributed by atoms with van der Waals surface area (Å²) >= 11 is 0. The van der Waals surface area contributed by atoms with Crippen LogP contribution in [0.5, 0.6) is 0 Å². The van der Waals surface area contributed by atoms with Crippen LogP contribution in [0.25, 0.3) is 5.69 Å². The number of nitrogens with zero attached hydrogens (tertiary/aromatic N) is 2. The molecular weight excluding hydrogens is 283 g/mol. The van der Waals surface area contributed by atoms with Gasteiger partial charge in [-0.25, -0.2) is 9.37 Å². The van der Waals surface area contributed by atoms with E-state index in [0.29, 0.717) is 18.7 Å². The Kier molecular flexibility index (Phi) is 5.66. The van der Waals surface area contributed by atoms with Crippen LogP contribution in [-0.4, -0.2) is 29.1 Å². The van der Waals surface area contributed by atoms with Gasteiger partial charge in [-0.1, -0.05) is 6.07 Å². The lowest BCUT2D eigenvalue weighted by molar-refractivity contribution is -0.121. The number of hydrogen-bond donors (Lipinski definition) is 2. The number of aryl methyl sites for hydroxylation is 1. The highest BCUT2D eigenvalue weighted by Gasteiger charge is 2.08. The number of carbonyl (C=O) groups excluding carboxylic acids is 1. The molecule has 0 fully saturated rings. The zero-order valence-electron chi connectivity index (χ0n) is 12.9. The first kappa shape index (κ1) is 16.2. The van der Waals surface area contributed by atoms with Crippen molar-refractivity contribution in [2.75, 3.05) is 13.6 Å². The first-order valence-electron chi connectivity index (χ1n) is 7.32. The van der Waals surface area contributed by atoms with Crippen LogP contribution in [0.4, 0.5) is 4.39 Å². The summed E-state index contributed by atoms with van der Waals surface area (Å²) in [4.78, 5) is 15.7. The fourth-order valence-electron chi connectivity index (χ4n) is 2.20. The maximum atomic E-state index is 14.2. The van der Waals surface area contributed by atoms with Crippen LogP contribution in [0, 0.1) is 12.7 Å². The Morgan fingerprint density at radius 3 is 2.86 bits per heavy atom. The standard InChI is InChI=1S/C16H21FN4O/c1-12-19-8-9-21(12)15-6-5-13(10-14(15)17)11-20-16(22)4-3-7-18-2/h5-6,8-10,18H,3-4,7,11H2,1-2H3,(H,20,22). The number of halogens is 1. The summed E-state index contributed by atoms with van der Waals surface area (Å²) in [5, 5.41) is 5.79. The highest BCUT2D eigenvalue weighted by molar-refractivity contribution is 5.75. The van der Waals surface area contributed by atoms with E-state index < -0.39 is 0 Å². The van der Waals surface area contributed by atoms with E-state index in [1.54, 1.807) is 23.0 Å². The van der Waals surface area contributed by atoms with Gasteiger partial charge in [0, 0.05) is 25.4 Å². The maximum Gasteiger partial charge on any atom is 0.220 e. The highest BCUT2D eigenvalue weighted by atomic mass is 19.1. The van der Waals surface area contributed by atoms with Crippen molar-refractivity contribution in [2.24, 2.45) is 0 Å². The molecule has 2 rings (SSSR count). The molecule has 2 aromatic rings. The molecule has 1 aromatic heterocycles. The number of hydrogen-bond acceptors (Lipinski definition) is 3. The molecule has 0 bridgehead atoms. The summed E-state index contributed by atoms with van der Waals surface area (Å²) < 4.78 is 15.9. The normalized spacial score (nSPS) is 10.7. The van der Waals surface area contributed by atoms with Gasteiger partial charge < -0.3 is 15.2 Å². The average Bonchev–Trinajstić information content (AvgIpc) is 2.91. The SMILES string of the molecule is CNCCCC(=O)NCc1ccc(-n2ccnc2C)c(F)c1. The first-order valence-corrected chi connectivity index (χ1v) is 7.32. The molecule has 0 radical (unpaired) electrons. The van der Waals surface area contributed by atoms with E-state index in [1.165, 1.54) is 6.07 Å². The Labute approximate surface area is 129 Å². The van der Waals surface area contributed by atoms with Crippen molar-refractivity contribution >= 4 is 5.91 Å². The van der Waals surface area contributed by atoms with Gasteiger partial charge in [0.2, 0.25) is 5.91 Å². The minimum absolute atomic E-state index is 0.0230. The maximum absolute atomic E-state index is 14.2. The predicted molar refractivity (Wildman–Crippen MR) is 83.3 cm³/mol. The fraction of sp³-hybridized carbons (Fsp3) is 0.375. The molecule has 1 amide bonds. The monoisotopic (exact) mass is 304 g/mol. The molecule has 0 atom stereocenters. The smallest absolute Gasteiger partial charge is 0.220 e. The molecule has 5 nitrogen and oxygen atoms in total. The van der Waals surface area contributed by atoms with Crippen molar-refractivity contribution < 1.29 is 9.18 Å². The van der Waals surface area contributed by atoms with Gasteiger partial charge in [-0.05, 0) is 44.6 Å². The average molecular weight is 304 g/mol. The van der Waals surface area contributed by atoms with E-state index in [9.17, 15) is 9.18 Å². The van der Waals surface area contributed by atoms with E-state index in [-0.39, 0.29) is 11.7 Å². The van der Waals surface area contributed by atoms with Crippen LogP contribution in [0.1, 0.15) is 24.2 Å². The number of aromatic nitrogens is 2. The largest absolute Gasteiger partial charge is 0.352 e. The van der Waals surface area contributed by atoms with E-state index in [0.717, 1.165) is 24.4 Å². The minimum atomic E-state index is -0.331. The Balaban J connectivity index is 1.95. The molecule has 22 heavy (non-hydrogen) atoms. The van der Waals surface area contributed by atoms with Crippen LogP contribution in [0.2, 0.25) is 0 Å². The number of carbonyl (C=O) groups is 1. The number of benzene rings is 1. The Morgan fingerprint density at radius 1 is 1.41 bits per heavy atom. The summed E-state index contributed by atoms with van der Waals surface area (Å²) in [5.41, 5.74) is 1.19. The zero-order valence-corrected chi connectivity index (χ0v) is 12.9. The summed E-state index contributed by atoms with van der Waals surface area (Å²) in [6.45, 7) is 2.96. The third-order valence-corrected chi connectivity index (χ3v) is 3.42. The molecule has 0 spiro atoms. The van der Waals surface area contributed by atoms with Crippen LogP contribution in [0.3, 0.4) is 0 Å². The quantitative estimate of drug-likeness (QED) is 0.769. The van der Waals surface area contributed by atoms with E-state index in [4.69, 9.17) is 0 Å². The van der Waals surface area contributed by atoms with Crippen molar-refractivity contribution in [3.63, 3.8) is 0 Å². The predicted octanol–water partition coefficient (Wildman–Crippen LogP) is 1.94. The van der Waals surface area contributed by atoms with E-state index >= 15 is 0 Å². The van der Waals surface area contributed by atoms with Crippen molar-refractivity contribution in [3.8, 4) is 5.69 Å². The lowest BCUT2D eigenvalue weighted by Crippen LogP contribution is -2.23. The van der Waals surface area contributed by atoms with Crippen LogP contribution < -0.4 is 10.6 Å². The topological polar surface area (TPSA) is 59.0 Å².